The Bertz CT molecular complexity index is 1430. The molecule has 0 bridgehead atoms. The molecule has 1 aliphatic rings. The number of anilines is 1. The van der Waals surface area contributed by atoms with Crippen molar-refractivity contribution in [2.75, 3.05) is 18.9 Å². The second kappa shape index (κ2) is 15.7. The molecule has 4 amide bonds. The summed E-state index contributed by atoms with van der Waals surface area (Å²) >= 11 is 0. The van der Waals surface area contributed by atoms with E-state index in [9.17, 15) is 24.0 Å². The Kier molecular flexibility index (Phi) is 12.4. The number of imide groups is 1. The van der Waals surface area contributed by atoms with Gasteiger partial charge in [-0.05, 0) is 73.8 Å². The molecule has 2 heterocycles. The molecule has 4 rings (SSSR count). The van der Waals surface area contributed by atoms with Gasteiger partial charge in [0.1, 0.15) is 6.04 Å². The zero-order valence-electron chi connectivity index (χ0n) is 23.2. The molecule has 2 aromatic carbocycles. The molecule has 2 atom stereocenters. The van der Waals surface area contributed by atoms with Gasteiger partial charge in [-0.25, -0.2) is 14.4 Å². The fourth-order valence-corrected chi connectivity index (χ4v) is 4.56. The summed E-state index contributed by atoms with van der Waals surface area (Å²) in [7, 11) is 1.93. The number of carbonyl (C=O) groups excluding carboxylic acids is 3. The van der Waals surface area contributed by atoms with Gasteiger partial charge in [0.15, 0.2) is 0 Å². The van der Waals surface area contributed by atoms with Crippen LogP contribution in [0, 0.1) is 0 Å². The van der Waals surface area contributed by atoms with Gasteiger partial charge in [-0.2, -0.15) is 0 Å². The van der Waals surface area contributed by atoms with Crippen LogP contribution in [-0.4, -0.2) is 70.1 Å². The number of aromatic amines is 1. The van der Waals surface area contributed by atoms with E-state index in [-0.39, 0.29) is 23.2 Å². The number of hydrogen-bond donors (Lipinski definition) is 7. The molecule has 0 saturated carbocycles. The number of urea groups is 1. The smallest absolute Gasteiger partial charge is 0.328 e. The van der Waals surface area contributed by atoms with Gasteiger partial charge in [0.25, 0.3) is 5.91 Å². The minimum absolute atomic E-state index is 0. The SMILES string of the molecule is CNCCc1c[nH]c2ccc(C(CCc3ccc(NC(C)=O)cc3)C3NC(=O)NC3=O)cc12.O.O=C(O)C=CC(=O)O. The van der Waals surface area contributed by atoms with Crippen LogP contribution in [0.4, 0.5) is 10.5 Å². The zero-order valence-corrected chi connectivity index (χ0v) is 23.2. The van der Waals surface area contributed by atoms with E-state index in [0.29, 0.717) is 18.6 Å². The highest BCUT2D eigenvalue weighted by molar-refractivity contribution is 6.04. The van der Waals surface area contributed by atoms with Gasteiger partial charge in [-0.3, -0.25) is 14.9 Å². The van der Waals surface area contributed by atoms with E-state index in [1.54, 1.807) is 0 Å². The molecule has 13 heteroatoms. The molecule has 224 valence electrons. The van der Waals surface area contributed by atoms with Crippen molar-refractivity contribution in [2.24, 2.45) is 0 Å². The molecule has 3 aromatic rings. The number of aryl methyl sites for hydroxylation is 1. The van der Waals surface area contributed by atoms with E-state index in [1.807, 2.05) is 49.6 Å². The number of amides is 4. The number of carboxylic acids is 2. The number of fused-ring (bicyclic) bond motifs is 1. The molecule has 42 heavy (non-hydrogen) atoms. The Morgan fingerprint density at radius 3 is 2.21 bits per heavy atom. The number of aliphatic carboxylic acids is 2. The van der Waals surface area contributed by atoms with Crippen LogP contribution < -0.4 is 21.3 Å². The van der Waals surface area contributed by atoms with Crippen molar-refractivity contribution in [2.45, 2.75) is 38.1 Å². The average Bonchev–Trinajstić information content (AvgIpc) is 3.48. The van der Waals surface area contributed by atoms with Crippen LogP contribution in [0.1, 0.15) is 36.0 Å². The quantitative estimate of drug-likeness (QED) is 0.130. The third-order valence-corrected chi connectivity index (χ3v) is 6.46. The van der Waals surface area contributed by atoms with Gasteiger partial charge < -0.3 is 36.6 Å². The van der Waals surface area contributed by atoms with E-state index >= 15 is 0 Å². The highest BCUT2D eigenvalue weighted by Crippen LogP contribution is 2.31. The molecule has 13 nitrogen and oxygen atoms in total. The molecule has 1 fully saturated rings. The Balaban J connectivity index is 0.000000603. The Hall–Kier alpha value is -5.01. The highest BCUT2D eigenvalue weighted by Gasteiger charge is 2.37. The summed E-state index contributed by atoms with van der Waals surface area (Å²) in [4.78, 5) is 58.1. The molecule has 2 unspecified atom stereocenters. The van der Waals surface area contributed by atoms with Gasteiger partial charge in [0.2, 0.25) is 5.91 Å². The first kappa shape index (κ1) is 33.2. The van der Waals surface area contributed by atoms with Crippen LogP contribution in [-0.2, 0) is 32.0 Å². The van der Waals surface area contributed by atoms with Crippen molar-refractivity contribution < 1.29 is 39.7 Å². The van der Waals surface area contributed by atoms with Crippen molar-refractivity contribution >= 4 is 46.4 Å². The van der Waals surface area contributed by atoms with Crippen LogP contribution in [0.25, 0.3) is 10.9 Å². The van der Waals surface area contributed by atoms with Crippen molar-refractivity contribution in [1.82, 2.24) is 20.9 Å². The highest BCUT2D eigenvalue weighted by atomic mass is 16.4. The first-order valence-electron chi connectivity index (χ1n) is 12.9. The second-order valence-electron chi connectivity index (χ2n) is 9.45. The second-order valence-corrected chi connectivity index (χ2v) is 9.45. The maximum atomic E-state index is 12.5. The molecule has 1 saturated heterocycles. The first-order valence-corrected chi connectivity index (χ1v) is 12.9. The molecule has 0 spiro atoms. The molecule has 1 aromatic heterocycles. The molecule has 0 aliphatic carbocycles. The van der Waals surface area contributed by atoms with Crippen molar-refractivity contribution in [3.63, 3.8) is 0 Å². The summed E-state index contributed by atoms with van der Waals surface area (Å²) in [6.45, 7) is 2.35. The summed E-state index contributed by atoms with van der Waals surface area (Å²) in [5, 5.41) is 27.9. The summed E-state index contributed by atoms with van der Waals surface area (Å²) < 4.78 is 0. The minimum atomic E-state index is -1.26. The third kappa shape index (κ3) is 9.57. The summed E-state index contributed by atoms with van der Waals surface area (Å²) in [5.74, 6) is -3.10. The van der Waals surface area contributed by atoms with E-state index < -0.39 is 24.0 Å². The van der Waals surface area contributed by atoms with Crippen molar-refractivity contribution in [3.8, 4) is 0 Å². The lowest BCUT2D eigenvalue weighted by atomic mass is 9.85. The van der Waals surface area contributed by atoms with E-state index in [2.05, 4.69) is 32.3 Å². The molecule has 1 aliphatic heterocycles. The van der Waals surface area contributed by atoms with Crippen LogP contribution in [0.2, 0.25) is 0 Å². The number of carboxylic acid groups (broad SMARTS) is 2. The Morgan fingerprint density at radius 2 is 1.67 bits per heavy atom. The monoisotopic (exact) mass is 581 g/mol. The van der Waals surface area contributed by atoms with Crippen LogP contribution in [0.5, 0.6) is 0 Å². The normalized spacial score (nSPS) is 14.8. The van der Waals surface area contributed by atoms with E-state index in [4.69, 9.17) is 10.2 Å². The maximum Gasteiger partial charge on any atom is 0.328 e. The Morgan fingerprint density at radius 1 is 1.00 bits per heavy atom. The number of benzene rings is 2. The number of hydrogen-bond acceptors (Lipinski definition) is 6. The average molecular weight is 582 g/mol. The van der Waals surface area contributed by atoms with Crippen LogP contribution >= 0.6 is 0 Å². The van der Waals surface area contributed by atoms with Crippen LogP contribution in [0.3, 0.4) is 0 Å². The van der Waals surface area contributed by atoms with Gasteiger partial charge in [-0.15, -0.1) is 0 Å². The van der Waals surface area contributed by atoms with Gasteiger partial charge in [-0.1, -0.05) is 18.2 Å². The summed E-state index contributed by atoms with van der Waals surface area (Å²) in [5.41, 5.74) is 5.13. The number of likely N-dealkylation sites (N-methyl/N-ethyl adjacent to an activating group) is 1. The van der Waals surface area contributed by atoms with Crippen molar-refractivity contribution in [3.05, 3.63) is 77.5 Å². The lowest BCUT2D eigenvalue weighted by molar-refractivity contribution is -0.134. The van der Waals surface area contributed by atoms with Crippen molar-refractivity contribution in [1.29, 1.82) is 0 Å². The Labute approximate surface area is 241 Å². The fraction of sp³-hybridized carbons (Fsp3) is 0.276. The van der Waals surface area contributed by atoms with Gasteiger partial charge >= 0.3 is 18.0 Å². The summed E-state index contributed by atoms with van der Waals surface area (Å²) in [6.07, 6.45) is 5.44. The lowest BCUT2D eigenvalue weighted by Gasteiger charge is -2.22. The summed E-state index contributed by atoms with van der Waals surface area (Å²) in [6, 6.07) is 12.8. The van der Waals surface area contributed by atoms with Gasteiger partial charge in [0.05, 0.1) is 0 Å². The lowest BCUT2D eigenvalue weighted by Crippen LogP contribution is -2.35. The maximum absolute atomic E-state index is 12.5. The fourth-order valence-electron chi connectivity index (χ4n) is 4.56. The molecular formula is C29H35N5O8. The first-order chi connectivity index (χ1) is 19.6. The van der Waals surface area contributed by atoms with E-state index in [1.165, 1.54) is 12.5 Å². The topological polar surface area (TPSA) is 221 Å². The van der Waals surface area contributed by atoms with Gasteiger partial charge in [0, 0.05) is 47.8 Å². The number of rotatable bonds is 11. The molecule has 9 N–H and O–H groups in total. The molecular weight excluding hydrogens is 546 g/mol. The van der Waals surface area contributed by atoms with Crippen LogP contribution in [0.15, 0.2) is 60.8 Å². The number of nitrogens with one attached hydrogen (secondary N) is 5. The standard InChI is InChI=1S/C25H29N5O3.C4H4O4.H2O/c1-15(31)28-19-7-3-16(4-8-19)5-9-20(23-24(32)30-25(33)29-23)17-6-10-22-21(13-17)18(14-27-22)11-12-26-2;5-3(6)1-2-4(7)8;/h3-4,6-8,10,13-14,20,23,26-27H,5,9,11-12H2,1-2H3,(H,28,31)(H2,29,30,32,33);1-2H,(H,5,6)(H,7,8);1H2. The third-order valence-electron chi connectivity index (χ3n) is 6.46. The zero-order chi connectivity index (χ0) is 29.9. The largest absolute Gasteiger partial charge is 0.478 e. The minimum Gasteiger partial charge on any atom is -0.478 e. The predicted molar refractivity (Wildman–Crippen MR) is 156 cm³/mol. The predicted octanol–water partition coefficient (Wildman–Crippen LogP) is 1.70. The number of aromatic nitrogens is 1. The van der Waals surface area contributed by atoms with E-state index in [0.717, 1.165) is 47.1 Å². The molecule has 0 radical (unpaired) electrons. The number of H-pyrrole nitrogens is 1. The number of carbonyl (C=O) groups is 5.